The Morgan fingerprint density at radius 1 is 1.18 bits per heavy atom. The van der Waals surface area contributed by atoms with Crippen LogP contribution in [0.4, 0.5) is 10.5 Å². The summed E-state index contributed by atoms with van der Waals surface area (Å²) in [6.07, 6.45) is -0.677. The van der Waals surface area contributed by atoms with Crippen LogP contribution >= 0.6 is 23.2 Å². The van der Waals surface area contributed by atoms with Gasteiger partial charge in [0, 0.05) is 5.69 Å². The Morgan fingerprint density at radius 3 is 2.23 bits per heavy atom. The van der Waals surface area contributed by atoms with Gasteiger partial charge in [-0.15, -0.1) is 0 Å². The molecule has 0 saturated carbocycles. The molecule has 5 nitrogen and oxygen atoms in total. The maximum Gasteiger partial charge on any atom is 0.415 e. The molecule has 1 amide bonds. The Morgan fingerprint density at radius 2 is 1.77 bits per heavy atom. The number of esters is 1. The van der Waals surface area contributed by atoms with Crippen molar-refractivity contribution in [3.8, 4) is 0 Å². The summed E-state index contributed by atoms with van der Waals surface area (Å²) < 4.78 is 10.0. The average molecular weight is 348 g/mol. The molecule has 0 heterocycles. The second kappa shape index (κ2) is 7.20. The zero-order chi connectivity index (χ0) is 17.1. The zero-order valence-corrected chi connectivity index (χ0v) is 14.7. The van der Waals surface area contributed by atoms with Crippen molar-refractivity contribution in [1.29, 1.82) is 0 Å². The van der Waals surface area contributed by atoms with Crippen LogP contribution in [0.15, 0.2) is 18.2 Å². The van der Waals surface area contributed by atoms with Crippen LogP contribution in [-0.2, 0) is 14.3 Å². The van der Waals surface area contributed by atoms with E-state index in [9.17, 15) is 9.59 Å². The number of amides is 1. The fraction of sp³-hybridized carbons (Fsp3) is 0.467. The number of ether oxygens (including phenoxy) is 2. The van der Waals surface area contributed by atoms with Gasteiger partial charge in [-0.2, -0.15) is 0 Å². The van der Waals surface area contributed by atoms with Crippen molar-refractivity contribution in [2.75, 3.05) is 12.0 Å². The van der Waals surface area contributed by atoms with E-state index in [1.54, 1.807) is 32.9 Å². The van der Waals surface area contributed by atoms with E-state index in [0.29, 0.717) is 10.7 Å². The highest BCUT2D eigenvalue weighted by Crippen LogP contribution is 2.29. The molecule has 0 fully saturated rings. The second-order valence-electron chi connectivity index (χ2n) is 5.65. The molecule has 0 unspecified atom stereocenters. The molecule has 1 atom stereocenters. The van der Waals surface area contributed by atoms with E-state index in [0.717, 1.165) is 0 Å². The molecule has 122 valence electrons. The molecule has 22 heavy (non-hydrogen) atoms. The Bertz CT molecular complexity index is 569. The average Bonchev–Trinajstić information content (AvgIpc) is 2.39. The first kappa shape index (κ1) is 18.6. The normalized spacial score (nSPS) is 12.5. The van der Waals surface area contributed by atoms with Gasteiger partial charge < -0.3 is 9.47 Å². The van der Waals surface area contributed by atoms with Crippen LogP contribution in [0.1, 0.15) is 27.7 Å². The number of carbonyl (C=O) groups is 2. The summed E-state index contributed by atoms with van der Waals surface area (Å²) in [5, 5.41) is 0.616. The first-order chi connectivity index (χ1) is 10.1. The zero-order valence-electron chi connectivity index (χ0n) is 13.1. The van der Waals surface area contributed by atoms with Crippen molar-refractivity contribution in [2.45, 2.75) is 39.3 Å². The summed E-state index contributed by atoms with van der Waals surface area (Å²) in [6.45, 7) is 6.75. The number of halogens is 2. The van der Waals surface area contributed by atoms with Gasteiger partial charge in [-0.3, -0.25) is 4.90 Å². The molecule has 0 aromatic heterocycles. The number of benzene rings is 1. The summed E-state index contributed by atoms with van der Waals surface area (Å²) in [6, 6.07) is 3.74. The molecule has 0 aliphatic rings. The predicted octanol–water partition coefficient (Wildman–Crippen LogP) is 4.30. The van der Waals surface area contributed by atoms with Gasteiger partial charge >= 0.3 is 12.1 Å². The Hall–Kier alpha value is -1.46. The van der Waals surface area contributed by atoms with Crippen LogP contribution in [0, 0.1) is 0 Å². The standard InChI is InChI=1S/C15H19Cl2NO4/c1-9(13(19)21-5)18(14(20)22-15(2,3)4)10-6-7-11(16)12(17)8-10/h6-9H,1-5H3/t9-/m0/s1. The number of nitrogens with zero attached hydrogens (tertiary/aromatic N) is 1. The molecule has 0 N–H and O–H groups in total. The van der Waals surface area contributed by atoms with Crippen LogP contribution in [0.25, 0.3) is 0 Å². The van der Waals surface area contributed by atoms with Gasteiger partial charge in [0.15, 0.2) is 0 Å². The molecule has 0 aliphatic heterocycles. The Balaban J connectivity index is 3.23. The van der Waals surface area contributed by atoms with Gasteiger partial charge in [-0.05, 0) is 45.9 Å². The van der Waals surface area contributed by atoms with E-state index in [1.165, 1.54) is 25.0 Å². The lowest BCUT2D eigenvalue weighted by Gasteiger charge is -2.30. The third-order valence-corrected chi connectivity index (χ3v) is 3.44. The monoisotopic (exact) mass is 347 g/mol. The quantitative estimate of drug-likeness (QED) is 0.765. The fourth-order valence-electron chi connectivity index (χ4n) is 1.71. The van der Waals surface area contributed by atoms with Gasteiger partial charge in [0.2, 0.25) is 0 Å². The number of methoxy groups -OCH3 is 1. The number of anilines is 1. The third-order valence-electron chi connectivity index (χ3n) is 2.70. The maximum atomic E-state index is 12.4. The predicted molar refractivity (Wildman–Crippen MR) is 86.7 cm³/mol. The Labute approximate surface area is 140 Å². The smallest absolute Gasteiger partial charge is 0.415 e. The van der Waals surface area contributed by atoms with Crippen molar-refractivity contribution in [3.05, 3.63) is 28.2 Å². The van der Waals surface area contributed by atoms with Crippen LogP contribution in [0.3, 0.4) is 0 Å². The van der Waals surface area contributed by atoms with Crippen LogP contribution in [0.5, 0.6) is 0 Å². The molecular formula is C15H19Cl2NO4. The van der Waals surface area contributed by atoms with E-state index < -0.39 is 23.7 Å². The number of hydrogen-bond acceptors (Lipinski definition) is 4. The lowest BCUT2D eigenvalue weighted by Crippen LogP contribution is -2.46. The van der Waals surface area contributed by atoms with E-state index in [1.807, 2.05) is 0 Å². The largest absolute Gasteiger partial charge is 0.467 e. The third kappa shape index (κ3) is 4.78. The van der Waals surface area contributed by atoms with Crippen molar-refractivity contribution in [3.63, 3.8) is 0 Å². The lowest BCUT2D eigenvalue weighted by atomic mass is 10.2. The molecule has 1 aromatic carbocycles. The van der Waals surface area contributed by atoms with E-state index in [-0.39, 0.29) is 5.02 Å². The van der Waals surface area contributed by atoms with Gasteiger partial charge in [0.25, 0.3) is 0 Å². The molecule has 0 radical (unpaired) electrons. The number of hydrogen-bond donors (Lipinski definition) is 0. The molecule has 0 aliphatic carbocycles. The first-order valence-electron chi connectivity index (χ1n) is 6.62. The molecule has 0 saturated heterocycles. The lowest BCUT2D eigenvalue weighted by molar-refractivity contribution is -0.141. The summed E-state index contributed by atoms with van der Waals surface area (Å²) in [7, 11) is 1.25. The van der Waals surface area contributed by atoms with Crippen molar-refractivity contribution in [2.24, 2.45) is 0 Å². The van der Waals surface area contributed by atoms with E-state index in [4.69, 9.17) is 32.7 Å². The molecular weight excluding hydrogens is 329 g/mol. The van der Waals surface area contributed by atoms with Gasteiger partial charge in [0.05, 0.1) is 17.2 Å². The fourth-order valence-corrected chi connectivity index (χ4v) is 2.00. The van der Waals surface area contributed by atoms with Crippen molar-refractivity contribution >= 4 is 41.0 Å². The minimum Gasteiger partial charge on any atom is -0.467 e. The maximum absolute atomic E-state index is 12.4. The highest BCUT2D eigenvalue weighted by Gasteiger charge is 2.32. The molecule has 1 rings (SSSR count). The minimum atomic E-state index is -0.878. The molecule has 0 spiro atoms. The van der Waals surface area contributed by atoms with Gasteiger partial charge in [0.1, 0.15) is 11.6 Å². The number of carbonyl (C=O) groups excluding carboxylic acids is 2. The highest BCUT2D eigenvalue weighted by molar-refractivity contribution is 6.42. The second-order valence-corrected chi connectivity index (χ2v) is 6.46. The van der Waals surface area contributed by atoms with E-state index >= 15 is 0 Å². The molecule has 1 aromatic rings. The van der Waals surface area contributed by atoms with Gasteiger partial charge in [-0.25, -0.2) is 9.59 Å². The van der Waals surface area contributed by atoms with Gasteiger partial charge in [-0.1, -0.05) is 23.2 Å². The summed E-state index contributed by atoms with van der Waals surface area (Å²) in [5.41, 5.74) is -0.317. The van der Waals surface area contributed by atoms with E-state index in [2.05, 4.69) is 0 Å². The number of rotatable bonds is 3. The summed E-state index contributed by atoms with van der Waals surface area (Å²) >= 11 is 11.9. The van der Waals surface area contributed by atoms with Crippen LogP contribution < -0.4 is 4.90 Å². The highest BCUT2D eigenvalue weighted by atomic mass is 35.5. The molecule has 0 bridgehead atoms. The van der Waals surface area contributed by atoms with Crippen LogP contribution in [-0.4, -0.2) is 30.8 Å². The minimum absolute atomic E-state index is 0.268. The Kier molecular flexibility index (Phi) is 6.08. The topological polar surface area (TPSA) is 55.8 Å². The van der Waals surface area contributed by atoms with Crippen molar-refractivity contribution in [1.82, 2.24) is 0 Å². The summed E-state index contributed by atoms with van der Waals surface area (Å²) in [5.74, 6) is -0.572. The molecule has 7 heteroatoms. The van der Waals surface area contributed by atoms with Crippen LogP contribution in [0.2, 0.25) is 10.0 Å². The SMILES string of the molecule is COC(=O)[C@H](C)N(C(=O)OC(C)(C)C)c1ccc(Cl)c(Cl)c1. The summed E-state index contributed by atoms with van der Waals surface area (Å²) in [4.78, 5) is 25.4. The van der Waals surface area contributed by atoms with Crippen molar-refractivity contribution < 1.29 is 19.1 Å². The first-order valence-corrected chi connectivity index (χ1v) is 7.37.